The SMILES string of the molecule is [O-][n+]1ccc(-c2cccc(C(F)(F)F)c2)cc1. The van der Waals surface area contributed by atoms with E-state index in [-0.39, 0.29) is 0 Å². The molecule has 5 heteroatoms. The lowest BCUT2D eigenvalue weighted by Gasteiger charge is -2.08. The summed E-state index contributed by atoms with van der Waals surface area (Å²) in [5.41, 5.74) is 0.303. The molecule has 0 atom stereocenters. The molecule has 1 heterocycles. The molecule has 0 fully saturated rings. The van der Waals surface area contributed by atoms with Crippen molar-refractivity contribution in [1.29, 1.82) is 0 Å². The number of hydrogen-bond donors (Lipinski definition) is 0. The summed E-state index contributed by atoms with van der Waals surface area (Å²) in [5, 5.41) is 10.8. The Labute approximate surface area is 95.5 Å². The van der Waals surface area contributed by atoms with Crippen molar-refractivity contribution in [2.24, 2.45) is 0 Å². The van der Waals surface area contributed by atoms with Crippen molar-refractivity contribution >= 4 is 0 Å². The van der Waals surface area contributed by atoms with E-state index in [2.05, 4.69) is 0 Å². The summed E-state index contributed by atoms with van der Waals surface area (Å²) < 4.78 is 38.1. The van der Waals surface area contributed by atoms with Crippen LogP contribution in [-0.2, 0) is 6.18 Å². The largest absolute Gasteiger partial charge is 0.619 e. The molecule has 0 saturated heterocycles. The lowest BCUT2D eigenvalue weighted by molar-refractivity contribution is -0.605. The Hall–Kier alpha value is -2.04. The standard InChI is InChI=1S/C12H8F3NO/c13-12(14,15)11-3-1-2-10(8-11)9-4-6-16(17)7-5-9/h1-8H. The lowest BCUT2D eigenvalue weighted by Crippen LogP contribution is -2.23. The van der Waals surface area contributed by atoms with E-state index in [1.54, 1.807) is 6.07 Å². The van der Waals surface area contributed by atoms with E-state index in [0.717, 1.165) is 12.1 Å². The Kier molecular flexibility index (Phi) is 2.75. The van der Waals surface area contributed by atoms with Gasteiger partial charge in [-0.3, -0.25) is 0 Å². The molecule has 2 nitrogen and oxygen atoms in total. The normalized spacial score (nSPS) is 11.5. The van der Waals surface area contributed by atoms with Crippen molar-refractivity contribution in [3.8, 4) is 11.1 Å². The number of benzene rings is 1. The molecule has 0 unspecified atom stereocenters. The number of alkyl halides is 3. The van der Waals surface area contributed by atoms with E-state index in [1.807, 2.05) is 0 Å². The van der Waals surface area contributed by atoms with Crippen LogP contribution >= 0.6 is 0 Å². The van der Waals surface area contributed by atoms with Crippen LogP contribution in [0.15, 0.2) is 48.8 Å². The summed E-state index contributed by atoms with van der Waals surface area (Å²) in [6.45, 7) is 0. The summed E-state index contributed by atoms with van der Waals surface area (Å²) in [4.78, 5) is 0. The number of rotatable bonds is 1. The molecule has 17 heavy (non-hydrogen) atoms. The van der Waals surface area contributed by atoms with Gasteiger partial charge in [0.1, 0.15) is 0 Å². The molecular formula is C12H8F3NO. The second-order valence-corrected chi connectivity index (χ2v) is 3.53. The zero-order chi connectivity index (χ0) is 12.5. The van der Waals surface area contributed by atoms with Gasteiger partial charge in [0.15, 0.2) is 12.4 Å². The van der Waals surface area contributed by atoms with Crippen LogP contribution in [0.3, 0.4) is 0 Å². The van der Waals surface area contributed by atoms with Crippen molar-refractivity contribution in [1.82, 2.24) is 0 Å². The molecule has 0 radical (unpaired) electrons. The van der Waals surface area contributed by atoms with E-state index < -0.39 is 11.7 Å². The summed E-state index contributed by atoms with van der Waals surface area (Å²) in [7, 11) is 0. The van der Waals surface area contributed by atoms with Gasteiger partial charge in [0.25, 0.3) is 0 Å². The molecule has 1 aromatic carbocycles. The maximum Gasteiger partial charge on any atom is 0.416 e. The minimum absolute atomic E-state index is 0.431. The van der Waals surface area contributed by atoms with Crippen LogP contribution in [0.1, 0.15) is 5.56 Å². The molecule has 0 N–H and O–H groups in total. The van der Waals surface area contributed by atoms with Gasteiger partial charge < -0.3 is 5.21 Å². The first kappa shape index (κ1) is 11.4. The monoisotopic (exact) mass is 239 g/mol. The van der Waals surface area contributed by atoms with Crippen LogP contribution in [0.5, 0.6) is 0 Å². The maximum absolute atomic E-state index is 12.5. The van der Waals surface area contributed by atoms with Crippen LogP contribution in [-0.4, -0.2) is 0 Å². The zero-order valence-corrected chi connectivity index (χ0v) is 8.61. The van der Waals surface area contributed by atoms with Crippen molar-refractivity contribution in [3.63, 3.8) is 0 Å². The van der Waals surface area contributed by atoms with Crippen LogP contribution in [0, 0.1) is 5.21 Å². The predicted octanol–water partition coefficient (Wildman–Crippen LogP) is 3.01. The van der Waals surface area contributed by atoms with Gasteiger partial charge in [0, 0.05) is 12.1 Å². The topological polar surface area (TPSA) is 26.9 Å². The summed E-state index contributed by atoms with van der Waals surface area (Å²) in [6, 6.07) is 7.94. The molecule has 0 amide bonds. The highest BCUT2D eigenvalue weighted by atomic mass is 19.4. The zero-order valence-electron chi connectivity index (χ0n) is 8.61. The average molecular weight is 239 g/mol. The number of halogens is 3. The third-order valence-electron chi connectivity index (χ3n) is 2.33. The summed E-state index contributed by atoms with van der Waals surface area (Å²) in [6.07, 6.45) is -1.87. The molecule has 0 bridgehead atoms. The van der Waals surface area contributed by atoms with E-state index in [9.17, 15) is 18.4 Å². The van der Waals surface area contributed by atoms with Gasteiger partial charge >= 0.3 is 6.18 Å². The fourth-order valence-electron chi connectivity index (χ4n) is 1.48. The minimum Gasteiger partial charge on any atom is -0.619 e. The average Bonchev–Trinajstić information content (AvgIpc) is 2.29. The third-order valence-corrected chi connectivity index (χ3v) is 2.33. The summed E-state index contributed by atoms with van der Waals surface area (Å²) >= 11 is 0. The highest BCUT2D eigenvalue weighted by Gasteiger charge is 2.30. The molecule has 0 aliphatic heterocycles. The van der Waals surface area contributed by atoms with Crippen molar-refractivity contribution in [2.75, 3.05) is 0 Å². The van der Waals surface area contributed by atoms with Gasteiger partial charge in [-0.25, -0.2) is 0 Å². The second-order valence-electron chi connectivity index (χ2n) is 3.53. The fourth-order valence-corrected chi connectivity index (χ4v) is 1.48. The predicted molar refractivity (Wildman–Crippen MR) is 55.8 cm³/mol. The van der Waals surface area contributed by atoms with Gasteiger partial charge in [-0.15, -0.1) is 0 Å². The molecule has 2 aromatic rings. The molecule has 2 rings (SSSR count). The summed E-state index contributed by atoms with van der Waals surface area (Å²) in [5.74, 6) is 0. The quantitative estimate of drug-likeness (QED) is 0.555. The fraction of sp³-hybridized carbons (Fsp3) is 0.0833. The Balaban J connectivity index is 2.43. The van der Waals surface area contributed by atoms with Gasteiger partial charge in [-0.05, 0) is 23.3 Å². The maximum atomic E-state index is 12.5. The van der Waals surface area contributed by atoms with Crippen LogP contribution in [0.4, 0.5) is 13.2 Å². The number of pyridine rings is 1. The number of nitrogens with zero attached hydrogens (tertiary/aromatic N) is 1. The van der Waals surface area contributed by atoms with Crippen molar-refractivity contribution in [3.05, 3.63) is 59.6 Å². The molecule has 88 valence electrons. The lowest BCUT2D eigenvalue weighted by atomic mass is 10.0. The van der Waals surface area contributed by atoms with E-state index in [4.69, 9.17) is 0 Å². The first-order chi connectivity index (χ1) is 7.97. The number of aromatic nitrogens is 1. The Bertz CT molecular complexity index is 520. The molecule has 0 aliphatic rings. The van der Waals surface area contributed by atoms with Crippen LogP contribution in [0.2, 0.25) is 0 Å². The molecule has 1 aromatic heterocycles. The van der Waals surface area contributed by atoms with Gasteiger partial charge in [-0.2, -0.15) is 17.9 Å². The first-order valence-corrected chi connectivity index (χ1v) is 4.83. The Morgan fingerprint density at radius 1 is 0.941 bits per heavy atom. The number of hydrogen-bond acceptors (Lipinski definition) is 1. The van der Waals surface area contributed by atoms with Crippen molar-refractivity contribution in [2.45, 2.75) is 6.18 Å². The Morgan fingerprint density at radius 2 is 1.59 bits per heavy atom. The van der Waals surface area contributed by atoms with Gasteiger partial charge in [0.05, 0.1) is 5.56 Å². The first-order valence-electron chi connectivity index (χ1n) is 4.83. The molecular weight excluding hydrogens is 231 g/mol. The van der Waals surface area contributed by atoms with E-state index in [1.165, 1.54) is 30.6 Å². The van der Waals surface area contributed by atoms with Gasteiger partial charge in [-0.1, -0.05) is 12.1 Å². The second kappa shape index (κ2) is 4.08. The van der Waals surface area contributed by atoms with Crippen molar-refractivity contribution < 1.29 is 17.9 Å². The van der Waals surface area contributed by atoms with E-state index >= 15 is 0 Å². The van der Waals surface area contributed by atoms with Gasteiger partial charge in [0.2, 0.25) is 0 Å². The minimum atomic E-state index is -4.36. The van der Waals surface area contributed by atoms with Crippen LogP contribution < -0.4 is 4.73 Å². The Morgan fingerprint density at radius 3 is 2.18 bits per heavy atom. The van der Waals surface area contributed by atoms with E-state index in [0.29, 0.717) is 15.9 Å². The van der Waals surface area contributed by atoms with Crippen LogP contribution in [0.25, 0.3) is 11.1 Å². The molecule has 0 saturated carbocycles. The smallest absolute Gasteiger partial charge is 0.416 e. The highest BCUT2D eigenvalue weighted by molar-refractivity contribution is 5.63. The third kappa shape index (κ3) is 2.55. The highest BCUT2D eigenvalue weighted by Crippen LogP contribution is 2.31. The molecule has 0 aliphatic carbocycles. The molecule has 0 spiro atoms.